The van der Waals surface area contributed by atoms with E-state index in [0.29, 0.717) is 34.6 Å². The monoisotopic (exact) mass is 639 g/mol. The fourth-order valence-corrected chi connectivity index (χ4v) is 7.98. The number of hydrogen-bond donors (Lipinski definition) is 1. The number of hydrogen-bond acceptors (Lipinski definition) is 8. The Balaban J connectivity index is 1.41. The van der Waals surface area contributed by atoms with Crippen LogP contribution < -0.4 is 4.90 Å². The highest BCUT2D eigenvalue weighted by Gasteiger charge is 2.41. The first-order chi connectivity index (χ1) is 21.3. The molecule has 1 N–H and O–H groups in total. The van der Waals surface area contributed by atoms with Crippen molar-refractivity contribution in [3.8, 4) is 6.07 Å². The molecular formula is C30H28F3N7O4S. The second-order valence-electron chi connectivity index (χ2n) is 11.4. The van der Waals surface area contributed by atoms with Crippen molar-refractivity contribution >= 4 is 27.5 Å². The highest BCUT2D eigenvalue weighted by Crippen LogP contribution is 2.38. The lowest BCUT2D eigenvalue weighted by atomic mass is 9.85. The van der Waals surface area contributed by atoms with Crippen molar-refractivity contribution < 1.29 is 31.5 Å². The van der Waals surface area contributed by atoms with Gasteiger partial charge in [0.1, 0.15) is 16.8 Å². The third-order valence-electron chi connectivity index (χ3n) is 8.64. The minimum atomic E-state index is -4.73. The van der Waals surface area contributed by atoms with Gasteiger partial charge in [-0.3, -0.25) is 9.20 Å². The fourth-order valence-electron chi connectivity index (χ4n) is 6.35. The van der Waals surface area contributed by atoms with Crippen LogP contribution >= 0.6 is 0 Å². The SMILES string of the molecule is Cc1ccc([C@H](CC(=O)O)c2ccn3c(C(F)(F)F)nnc3c2C)cc1CN1C[C@H]2CCCN2c2ncc(C#N)cc2S1(=O)=O. The van der Waals surface area contributed by atoms with E-state index in [1.807, 2.05) is 17.9 Å². The first kappa shape index (κ1) is 30.5. The number of halogens is 3. The zero-order valence-corrected chi connectivity index (χ0v) is 25.1. The molecule has 234 valence electrons. The summed E-state index contributed by atoms with van der Waals surface area (Å²) in [6, 6.07) is 9.94. The van der Waals surface area contributed by atoms with Crippen LogP contribution in [0.2, 0.25) is 0 Å². The summed E-state index contributed by atoms with van der Waals surface area (Å²) < 4.78 is 70.7. The van der Waals surface area contributed by atoms with E-state index in [2.05, 4.69) is 15.2 Å². The third kappa shape index (κ3) is 5.38. The molecule has 0 saturated carbocycles. The van der Waals surface area contributed by atoms with Crippen LogP contribution in [0.5, 0.6) is 0 Å². The van der Waals surface area contributed by atoms with Crippen LogP contribution in [0.3, 0.4) is 0 Å². The minimum absolute atomic E-state index is 0.0144. The summed E-state index contributed by atoms with van der Waals surface area (Å²) >= 11 is 0. The molecular weight excluding hydrogens is 611 g/mol. The molecule has 0 unspecified atom stereocenters. The molecule has 0 radical (unpaired) electrons. The maximum atomic E-state index is 14.0. The zero-order chi connectivity index (χ0) is 32.3. The van der Waals surface area contributed by atoms with Gasteiger partial charge in [0.2, 0.25) is 15.8 Å². The van der Waals surface area contributed by atoms with Crippen LogP contribution in [0, 0.1) is 25.2 Å². The number of benzene rings is 1. The van der Waals surface area contributed by atoms with Gasteiger partial charge in [-0.2, -0.15) is 22.7 Å². The standard InChI is InChI=1S/C30H28F3N7O4S/c1-17-5-6-20(24(12-26(41)42)23-7-9-40-27(18(23)2)36-37-29(40)30(31,32)33)11-21(17)15-38-16-22-4-3-8-39(22)28-25(45(38,43)44)10-19(13-34)14-35-28/h5-7,9-11,14,22,24H,3-4,8,12,15-16H2,1-2H3,(H,41,42)/t22-,24+/m1/s1. The summed E-state index contributed by atoms with van der Waals surface area (Å²) in [5.41, 5.74) is 2.89. The average Bonchev–Trinajstić information content (AvgIpc) is 3.63. The highest BCUT2D eigenvalue weighted by atomic mass is 32.2. The topological polar surface area (TPSA) is 145 Å². The van der Waals surface area contributed by atoms with Gasteiger partial charge in [0, 0.05) is 44.0 Å². The molecule has 1 aromatic carbocycles. The van der Waals surface area contributed by atoms with Crippen molar-refractivity contribution in [3.05, 3.63) is 81.9 Å². The van der Waals surface area contributed by atoms with Gasteiger partial charge in [0.05, 0.1) is 12.0 Å². The Labute approximate surface area is 256 Å². The summed E-state index contributed by atoms with van der Waals surface area (Å²) in [7, 11) is -4.08. The molecule has 0 amide bonds. The Morgan fingerprint density at radius 2 is 1.98 bits per heavy atom. The maximum Gasteiger partial charge on any atom is 0.452 e. The Morgan fingerprint density at radius 3 is 2.69 bits per heavy atom. The Kier molecular flexibility index (Phi) is 7.52. The van der Waals surface area contributed by atoms with E-state index in [-0.39, 0.29) is 41.7 Å². The predicted octanol–water partition coefficient (Wildman–Crippen LogP) is 4.41. The largest absolute Gasteiger partial charge is 0.481 e. The number of alkyl halides is 3. The van der Waals surface area contributed by atoms with Gasteiger partial charge in [-0.05, 0) is 66.6 Å². The van der Waals surface area contributed by atoms with E-state index in [9.17, 15) is 36.8 Å². The van der Waals surface area contributed by atoms with E-state index in [4.69, 9.17) is 0 Å². The minimum Gasteiger partial charge on any atom is -0.481 e. The number of anilines is 1. The number of aryl methyl sites for hydroxylation is 2. The van der Waals surface area contributed by atoms with Crippen molar-refractivity contribution in [3.63, 3.8) is 0 Å². The van der Waals surface area contributed by atoms with Gasteiger partial charge in [-0.15, -0.1) is 10.2 Å². The number of nitrogens with zero attached hydrogens (tertiary/aromatic N) is 7. The quantitative estimate of drug-likeness (QED) is 0.324. The van der Waals surface area contributed by atoms with Gasteiger partial charge in [0.15, 0.2) is 5.65 Å². The van der Waals surface area contributed by atoms with Crippen molar-refractivity contribution in [1.82, 2.24) is 23.9 Å². The highest BCUT2D eigenvalue weighted by molar-refractivity contribution is 7.89. The van der Waals surface area contributed by atoms with Crippen LogP contribution in [0.1, 0.15) is 64.4 Å². The van der Waals surface area contributed by atoms with Crippen LogP contribution in [-0.2, 0) is 27.5 Å². The molecule has 2 aliphatic heterocycles. The molecule has 5 heterocycles. The number of sulfonamides is 1. The fraction of sp³-hybridized carbons (Fsp3) is 0.367. The second-order valence-corrected chi connectivity index (χ2v) is 13.3. The van der Waals surface area contributed by atoms with E-state index in [1.165, 1.54) is 28.8 Å². The summed E-state index contributed by atoms with van der Waals surface area (Å²) in [6.07, 6.45) is -0.899. The molecule has 0 aliphatic carbocycles. The molecule has 2 atom stereocenters. The van der Waals surface area contributed by atoms with E-state index in [1.54, 1.807) is 25.1 Å². The van der Waals surface area contributed by atoms with Crippen LogP contribution in [-0.4, -0.2) is 62.5 Å². The lowest BCUT2D eigenvalue weighted by molar-refractivity contribution is -0.145. The molecule has 45 heavy (non-hydrogen) atoms. The number of aromatic nitrogens is 4. The molecule has 11 nitrogen and oxygen atoms in total. The summed E-state index contributed by atoms with van der Waals surface area (Å²) in [5.74, 6) is -2.74. The molecule has 4 aromatic rings. The van der Waals surface area contributed by atoms with E-state index < -0.39 is 33.9 Å². The second kappa shape index (κ2) is 11.1. The molecule has 0 bridgehead atoms. The average molecular weight is 640 g/mol. The Morgan fingerprint density at radius 1 is 1.20 bits per heavy atom. The Hall–Kier alpha value is -4.55. The lowest BCUT2D eigenvalue weighted by Gasteiger charge is -2.26. The number of carbonyl (C=O) groups is 1. The number of aliphatic carboxylic acids is 1. The molecule has 3 aromatic heterocycles. The number of rotatable bonds is 6. The van der Waals surface area contributed by atoms with Gasteiger partial charge in [-0.25, -0.2) is 13.4 Å². The number of nitriles is 1. The number of carboxylic acid groups (broad SMARTS) is 1. The molecule has 1 saturated heterocycles. The van der Waals surface area contributed by atoms with Crippen LogP contribution in [0.25, 0.3) is 5.65 Å². The first-order valence-electron chi connectivity index (χ1n) is 14.2. The van der Waals surface area contributed by atoms with Crippen molar-refractivity contribution in [2.45, 2.75) is 62.7 Å². The first-order valence-corrected chi connectivity index (χ1v) is 15.6. The molecule has 2 aliphatic rings. The van der Waals surface area contributed by atoms with Crippen molar-refractivity contribution in [2.75, 3.05) is 18.0 Å². The van der Waals surface area contributed by atoms with Crippen LogP contribution in [0.15, 0.2) is 47.6 Å². The van der Waals surface area contributed by atoms with Gasteiger partial charge in [-0.1, -0.05) is 18.2 Å². The number of pyridine rings is 2. The van der Waals surface area contributed by atoms with Gasteiger partial charge >= 0.3 is 12.1 Å². The molecule has 15 heteroatoms. The maximum absolute atomic E-state index is 14.0. The summed E-state index contributed by atoms with van der Waals surface area (Å²) in [4.78, 5) is 18.3. The molecule has 6 rings (SSSR count). The molecule has 1 fully saturated rings. The Bertz CT molecular complexity index is 1990. The van der Waals surface area contributed by atoms with E-state index >= 15 is 0 Å². The summed E-state index contributed by atoms with van der Waals surface area (Å²) in [6.45, 7) is 4.23. The smallest absolute Gasteiger partial charge is 0.452 e. The van der Waals surface area contributed by atoms with Crippen molar-refractivity contribution in [1.29, 1.82) is 5.26 Å². The number of fused-ring (bicyclic) bond motifs is 4. The normalized spacial score (nSPS) is 18.7. The summed E-state index contributed by atoms with van der Waals surface area (Å²) in [5, 5.41) is 26.3. The number of carboxylic acids is 1. The predicted molar refractivity (Wildman–Crippen MR) is 155 cm³/mol. The third-order valence-corrected chi connectivity index (χ3v) is 10.5. The van der Waals surface area contributed by atoms with Gasteiger partial charge in [0.25, 0.3) is 0 Å². The van der Waals surface area contributed by atoms with Crippen molar-refractivity contribution in [2.24, 2.45) is 0 Å². The van der Waals surface area contributed by atoms with Crippen LogP contribution in [0.4, 0.5) is 19.0 Å². The lowest BCUT2D eigenvalue weighted by Crippen LogP contribution is -2.39. The molecule has 0 spiro atoms. The van der Waals surface area contributed by atoms with E-state index in [0.717, 1.165) is 22.8 Å². The van der Waals surface area contributed by atoms with Gasteiger partial charge < -0.3 is 10.0 Å². The zero-order valence-electron chi connectivity index (χ0n) is 24.3.